The van der Waals surface area contributed by atoms with Crippen LogP contribution in [0.4, 0.5) is 5.82 Å². The zero-order chi connectivity index (χ0) is 26.9. The predicted molar refractivity (Wildman–Crippen MR) is 139 cm³/mol. The van der Waals surface area contributed by atoms with Gasteiger partial charge in [-0.15, -0.1) is 0 Å². The number of hydrogen-bond acceptors (Lipinski definition) is 9. The second kappa shape index (κ2) is 9.75. The molecule has 0 amide bonds. The number of rotatable bonds is 8. The van der Waals surface area contributed by atoms with E-state index >= 15 is 0 Å². The van der Waals surface area contributed by atoms with Crippen LogP contribution < -0.4 is 14.2 Å². The molecule has 38 heavy (non-hydrogen) atoms. The molecule has 3 N–H and O–H groups in total. The van der Waals surface area contributed by atoms with Crippen molar-refractivity contribution in [2.75, 3.05) is 18.1 Å². The number of nitrogens with one attached hydrogen (secondary N) is 1. The van der Waals surface area contributed by atoms with Gasteiger partial charge in [-0.3, -0.25) is 9.29 Å². The van der Waals surface area contributed by atoms with E-state index in [0.717, 1.165) is 11.8 Å². The van der Waals surface area contributed by atoms with Gasteiger partial charge in [-0.05, 0) is 23.4 Å². The first-order chi connectivity index (χ1) is 18.2. The summed E-state index contributed by atoms with van der Waals surface area (Å²) in [5.41, 5.74) is 6.49. The maximum atomic E-state index is 12.2. The molecule has 0 aliphatic carbocycles. The van der Waals surface area contributed by atoms with Crippen molar-refractivity contribution in [2.24, 2.45) is 4.99 Å². The van der Waals surface area contributed by atoms with Crippen LogP contribution in [0.1, 0.15) is 11.4 Å². The lowest BCUT2D eigenvalue weighted by Crippen LogP contribution is -2.14. The number of imidazole rings is 1. The van der Waals surface area contributed by atoms with Gasteiger partial charge in [-0.1, -0.05) is 42.1 Å². The maximum Gasteiger partial charge on any atom is 0.261 e. The number of para-hydroxylation sites is 1. The Hall–Kier alpha value is -5.09. The van der Waals surface area contributed by atoms with E-state index < -0.39 is 10.0 Å². The van der Waals surface area contributed by atoms with Gasteiger partial charge in [0.25, 0.3) is 5.88 Å². The van der Waals surface area contributed by atoms with Crippen molar-refractivity contribution in [2.45, 2.75) is 6.61 Å². The van der Waals surface area contributed by atoms with Crippen LogP contribution >= 0.6 is 0 Å². The molecule has 2 aromatic carbocycles. The molecule has 3 heterocycles. The number of phenolic OH excluding ortho intramolecular Hbond substituents is 1. The molecular formula is C25H20N6O6S. The number of aromatic nitrogens is 4. The number of sulfonamides is 1. The van der Waals surface area contributed by atoms with Gasteiger partial charge in [0, 0.05) is 0 Å². The molecular weight excluding hydrogens is 512 g/mol. The van der Waals surface area contributed by atoms with Crippen molar-refractivity contribution in [1.29, 1.82) is 0 Å². The molecule has 1 aliphatic rings. The molecule has 4 aromatic rings. The Morgan fingerprint density at radius 3 is 2.55 bits per heavy atom. The molecule has 5 rings (SSSR count). The summed E-state index contributed by atoms with van der Waals surface area (Å²) >= 11 is 0. The van der Waals surface area contributed by atoms with E-state index in [1.54, 1.807) is 12.1 Å². The normalized spacial score (nSPS) is 12.8. The first-order valence-electron chi connectivity index (χ1n) is 11.0. The van der Waals surface area contributed by atoms with Crippen molar-refractivity contribution in [3.05, 3.63) is 77.5 Å². The lowest BCUT2D eigenvalue weighted by Gasteiger charge is -2.15. The Bertz CT molecular complexity index is 1800. The molecule has 13 heteroatoms. The smallest absolute Gasteiger partial charge is 0.261 e. The van der Waals surface area contributed by atoms with Crippen molar-refractivity contribution in [3.63, 3.8) is 0 Å². The average molecular weight is 533 g/mol. The summed E-state index contributed by atoms with van der Waals surface area (Å²) in [7, 11) is -2.38. The minimum absolute atomic E-state index is 0.0333. The van der Waals surface area contributed by atoms with E-state index in [4.69, 9.17) is 9.47 Å². The van der Waals surface area contributed by atoms with Crippen molar-refractivity contribution < 1.29 is 28.1 Å². The highest BCUT2D eigenvalue weighted by atomic mass is 32.2. The van der Waals surface area contributed by atoms with Gasteiger partial charge in [0.15, 0.2) is 17.2 Å². The molecule has 2 aromatic heterocycles. The van der Waals surface area contributed by atoms with Crippen LogP contribution in [0.3, 0.4) is 0 Å². The Kier molecular flexibility index (Phi) is 6.31. The highest BCUT2D eigenvalue weighted by molar-refractivity contribution is 7.92. The summed E-state index contributed by atoms with van der Waals surface area (Å²) in [5, 5.41) is 20.8. The number of aliphatic hydroxyl groups excluding tert-OH is 1. The molecule has 192 valence electrons. The Labute approximate surface area is 216 Å². The lowest BCUT2D eigenvalue weighted by molar-refractivity contribution is 0.295. The van der Waals surface area contributed by atoms with E-state index in [1.807, 2.05) is 30.3 Å². The third-order valence-electron chi connectivity index (χ3n) is 5.21. The third-order valence-corrected chi connectivity index (χ3v) is 5.78. The van der Waals surface area contributed by atoms with Crippen LogP contribution in [0.2, 0.25) is 0 Å². The van der Waals surface area contributed by atoms with Crippen LogP contribution in [0, 0.1) is 0 Å². The van der Waals surface area contributed by atoms with Gasteiger partial charge in [0.05, 0.1) is 19.4 Å². The first kappa shape index (κ1) is 24.6. The van der Waals surface area contributed by atoms with Crippen molar-refractivity contribution in [1.82, 2.24) is 19.5 Å². The van der Waals surface area contributed by atoms with Gasteiger partial charge in [0.1, 0.15) is 23.8 Å². The summed E-state index contributed by atoms with van der Waals surface area (Å²) in [4.78, 5) is 17.5. The second-order valence-corrected chi connectivity index (χ2v) is 9.75. The Morgan fingerprint density at radius 1 is 1.05 bits per heavy atom. The topological polar surface area (TPSA) is 161 Å². The van der Waals surface area contributed by atoms with Crippen molar-refractivity contribution >= 4 is 38.7 Å². The van der Waals surface area contributed by atoms with E-state index in [-0.39, 0.29) is 64.2 Å². The average Bonchev–Trinajstić information content (AvgIpc) is 3.24. The molecule has 0 spiro atoms. The van der Waals surface area contributed by atoms with Gasteiger partial charge in [-0.2, -0.15) is 4.98 Å². The van der Waals surface area contributed by atoms with Crippen LogP contribution in [-0.2, 0) is 16.6 Å². The van der Waals surface area contributed by atoms with E-state index in [9.17, 15) is 18.6 Å². The largest absolute Gasteiger partial charge is 0.506 e. The number of nitrogens with zero attached hydrogens (tertiary/aromatic N) is 5. The van der Waals surface area contributed by atoms with Crippen LogP contribution in [0.15, 0.2) is 71.1 Å². The number of ether oxygens (including phenoxy) is 2. The van der Waals surface area contributed by atoms with E-state index in [2.05, 4.69) is 36.1 Å². The van der Waals surface area contributed by atoms with Gasteiger partial charge in [-0.25, -0.2) is 23.4 Å². The first-order valence-corrected chi connectivity index (χ1v) is 12.9. The van der Waals surface area contributed by atoms with E-state index in [0.29, 0.717) is 0 Å². The number of hydrogen-bond donors (Lipinski definition) is 3. The Balaban J connectivity index is 1.78. The maximum absolute atomic E-state index is 12.2. The summed E-state index contributed by atoms with van der Waals surface area (Å²) < 4.78 is 39.3. The van der Waals surface area contributed by atoms with Crippen LogP contribution in [0.5, 0.6) is 17.4 Å². The van der Waals surface area contributed by atoms with Gasteiger partial charge < -0.3 is 19.7 Å². The lowest BCUT2D eigenvalue weighted by atomic mass is 10.2. The predicted octanol–water partition coefficient (Wildman–Crippen LogP) is 3.10. The molecule has 0 fully saturated rings. The minimum atomic E-state index is -3.79. The number of fused-ring (bicyclic) bond motifs is 1. The number of aliphatic hydroxyl groups is 1. The summed E-state index contributed by atoms with van der Waals surface area (Å²) in [6, 6.07) is 13.8. The quantitative estimate of drug-likeness (QED) is 0.290. The van der Waals surface area contributed by atoms with Gasteiger partial charge in [0.2, 0.25) is 27.4 Å². The molecule has 12 nitrogen and oxygen atoms in total. The van der Waals surface area contributed by atoms with E-state index in [1.165, 1.54) is 23.8 Å². The molecule has 0 saturated heterocycles. The zero-order valence-corrected chi connectivity index (χ0v) is 20.9. The van der Waals surface area contributed by atoms with Gasteiger partial charge >= 0.3 is 0 Å². The standard InChI is InChI=1S/C25H20N6O6S/c1-36-18-12-7-11-17(32)20(18)31-23(16-10-6-13-19(33)26-16)27-21-24(31)28-22(30-38(2,34)35)25(29-21)37-14-15-8-4-3-5-9-15/h3-5,7-9,11-13,32H,14H2,1-2H3,(H,26,33)(H,28,30). The molecule has 0 radical (unpaired) electrons. The summed E-state index contributed by atoms with van der Waals surface area (Å²) in [6.07, 6.45) is 2.19. The van der Waals surface area contributed by atoms with Crippen LogP contribution in [-0.4, -0.2) is 57.4 Å². The number of aliphatic imine (C=N–C) groups is 1. The molecule has 0 unspecified atom stereocenters. The molecule has 0 saturated carbocycles. The number of benzene rings is 2. The molecule has 0 atom stereocenters. The summed E-state index contributed by atoms with van der Waals surface area (Å²) in [5.74, 6) is -0.535. The molecule has 0 bridgehead atoms. The van der Waals surface area contributed by atoms with Crippen LogP contribution in [0.25, 0.3) is 22.7 Å². The Morgan fingerprint density at radius 2 is 1.84 bits per heavy atom. The van der Waals surface area contributed by atoms with Crippen molar-refractivity contribution in [3.8, 4) is 23.1 Å². The second-order valence-electron chi connectivity index (χ2n) is 8.00. The minimum Gasteiger partial charge on any atom is -0.506 e. The fourth-order valence-electron chi connectivity index (χ4n) is 3.67. The number of phenols is 1. The highest BCUT2D eigenvalue weighted by Gasteiger charge is 2.26. The number of anilines is 1. The highest BCUT2D eigenvalue weighted by Crippen LogP contribution is 2.37. The number of methoxy groups -OCH3 is 1. The monoisotopic (exact) mass is 532 g/mol. The number of aromatic hydroxyl groups is 1. The zero-order valence-electron chi connectivity index (χ0n) is 20.1. The fraction of sp³-hybridized carbons (Fsp3) is 0.120. The SMILES string of the molecule is COc1cccc(O)c1-n1c(C2=C=C=CC(O)=N2)nc2nc(OCc3ccccc3)c(NS(C)(=O)=O)nc21. The third kappa shape index (κ3) is 4.93. The molecule has 1 aliphatic heterocycles. The fourth-order valence-corrected chi connectivity index (χ4v) is 4.15. The summed E-state index contributed by atoms with van der Waals surface area (Å²) in [6.45, 7) is 0.0805.